The molecule has 2 rings (SSSR count). The maximum absolute atomic E-state index is 12.2. The van der Waals surface area contributed by atoms with Crippen LogP contribution in [0.15, 0.2) is 24.3 Å². The van der Waals surface area contributed by atoms with Gasteiger partial charge < -0.3 is 10.1 Å². The maximum Gasteiger partial charge on any atom is 0.238 e. The Morgan fingerprint density at radius 3 is 2.81 bits per heavy atom. The molecule has 6 nitrogen and oxygen atoms in total. The third-order valence-electron chi connectivity index (χ3n) is 3.58. The first-order chi connectivity index (χ1) is 9.93. The second kappa shape index (κ2) is 6.44. The van der Waals surface area contributed by atoms with Crippen molar-refractivity contribution in [3.05, 3.63) is 29.8 Å². The van der Waals surface area contributed by atoms with Gasteiger partial charge in [0.25, 0.3) is 0 Å². The SMILES string of the molecule is COc1ccccc1CNC(=O)C1CCCN1S(C)(=O)=O. The molecule has 0 bridgehead atoms. The number of ether oxygens (including phenoxy) is 1. The van der Waals surface area contributed by atoms with E-state index in [0.29, 0.717) is 31.7 Å². The molecule has 0 aliphatic carbocycles. The molecule has 1 saturated heterocycles. The Morgan fingerprint density at radius 2 is 2.14 bits per heavy atom. The van der Waals surface area contributed by atoms with Crippen LogP contribution in [-0.4, -0.2) is 44.6 Å². The fourth-order valence-corrected chi connectivity index (χ4v) is 3.67. The molecule has 1 amide bonds. The van der Waals surface area contributed by atoms with Gasteiger partial charge in [0.1, 0.15) is 11.8 Å². The average Bonchev–Trinajstić information content (AvgIpc) is 2.94. The van der Waals surface area contributed by atoms with Gasteiger partial charge >= 0.3 is 0 Å². The second-order valence-corrected chi connectivity index (χ2v) is 7.00. The highest BCUT2D eigenvalue weighted by Gasteiger charge is 2.36. The van der Waals surface area contributed by atoms with E-state index in [-0.39, 0.29) is 5.91 Å². The molecule has 116 valence electrons. The van der Waals surface area contributed by atoms with Crippen molar-refractivity contribution in [2.45, 2.75) is 25.4 Å². The molecule has 7 heteroatoms. The highest BCUT2D eigenvalue weighted by Crippen LogP contribution is 2.21. The van der Waals surface area contributed by atoms with Gasteiger partial charge in [0.2, 0.25) is 15.9 Å². The summed E-state index contributed by atoms with van der Waals surface area (Å²) in [6, 6.07) is 6.80. The van der Waals surface area contributed by atoms with Crippen LogP contribution in [0.1, 0.15) is 18.4 Å². The van der Waals surface area contributed by atoms with Gasteiger partial charge in [-0.15, -0.1) is 0 Å². The number of hydrogen-bond acceptors (Lipinski definition) is 4. The van der Waals surface area contributed by atoms with Crippen LogP contribution in [0.4, 0.5) is 0 Å². The number of carbonyl (C=O) groups is 1. The van der Waals surface area contributed by atoms with E-state index < -0.39 is 16.1 Å². The molecule has 1 unspecified atom stereocenters. The number of carbonyl (C=O) groups excluding carboxylic acids is 1. The van der Waals surface area contributed by atoms with Crippen LogP contribution in [-0.2, 0) is 21.4 Å². The molecule has 1 aliphatic rings. The van der Waals surface area contributed by atoms with Crippen molar-refractivity contribution in [2.24, 2.45) is 0 Å². The van der Waals surface area contributed by atoms with Crippen molar-refractivity contribution in [2.75, 3.05) is 19.9 Å². The summed E-state index contributed by atoms with van der Waals surface area (Å²) in [4.78, 5) is 12.2. The first kappa shape index (κ1) is 15.8. The van der Waals surface area contributed by atoms with E-state index in [1.54, 1.807) is 7.11 Å². The lowest BCUT2D eigenvalue weighted by molar-refractivity contribution is -0.124. The van der Waals surface area contributed by atoms with Crippen molar-refractivity contribution in [1.29, 1.82) is 0 Å². The number of nitrogens with zero attached hydrogens (tertiary/aromatic N) is 1. The minimum atomic E-state index is -3.34. The number of hydrogen-bond donors (Lipinski definition) is 1. The number of nitrogens with one attached hydrogen (secondary N) is 1. The molecule has 1 heterocycles. The van der Waals surface area contributed by atoms with E-state index in [2.05, 4.69) is 5.32 Å². The zero-order chi connectivity index (χ0) is 15.5. The highest BCUT2D eigenvalue weighted by molar-refractivity contribution is 7.88. The Kier molecular flexibility index (Phi) is 4.84. The Labute approximate surface area is 125 Å². The summed E-state index contributed by atoms with van der Waals surface area (Å²) in [5, 5.41) is 2.79. The number of methoxy groups -OCH3 is 1. The molecule has 1 aliphatic heterocycles. The number of para-hydroxylation sites is 1. The minimum Gasteiger partial charge on any atom is -0.496 e. The molecule has 0 spiro atoms. The molecule has 0 radical (unpaired) electrons. The Hall–Kier alpha value is -1.60. The van der Waals surface area contributed by atoms with Gasteiger partial charge in [-0.1, -0.05) is 18.2 Å². The lowest BCUT2D eigenvalue weighted by atomic mass is 10.2. The highest BCUT2D eigenvalue weighted by atomic mass is 32.2. The van der Waals surface area contributed by atoms with Crippen LogP contribution < -0.4 is 10.1 Å². The van der Waals surface area contributed by atoms with Crippen molar-refractivity contribution < 1.29 is 17.9 Å². The normalized spacial score (nSPS) is 19.4. The standard InChI is InChI=1S/C14H20N2O4S/c1-20-13-8-4-3-6-11(13)10-15-14(17)12-7-5-9-16(12)21(2,18)19/h3-4,6,8,12H,5,7,9-10H2,1-2H3,(H,15,17). The van der Waals surface area contributed by atoms with E-state index in [1.165, 1.54) is 4.31 Å². The van der Waals surface area contributed by atoms with Gasteiger partial charge in [-0.2, -0.15) is 4.31 Å². The van der Waals surface area contributed by atoms with Crippen LogP contribution >= 0.6 is 0 Å². The summed E-state index contributed by atoms with van der Waals surface area (Å²) >= 11 is 0. The van der Waals surface area contributed by atoms with Crippen molar-refractivity contribution in [3.8, 4) is 5.75 Å². The molecule has 1 aromatic rings. The summed E-state index contributed by atoms with van der Waals surface area (Å²) < 4.78 is 29.8. The Bertz CT molecular complexity index is 615. The van der Waals surface area contributed by atoms with Gasteiger partial charge in [0, 0.05) is 18.7 Å². The summed E-state index contributed by atoms with van der Waals surface area (Å²) in [6.07, 6.45) is 2.41. The van der Waals surface area contributed by atoms with E-state index in [1.807, 2.05) is 24.3 Å². The van der Waals surface area contributed by atoms with Gasteiger partial charge in [0.15, 0.2) is 0 Å². The zero-order valence-corrected chi connectivity index (χ0v) is 13.0. The number of sulfonamides is 1. The smallest absolute Gasteiger partial charge is 0.238 e. The summed E-state index contributed by atoms with van der Waals surface area (Å²) in [6.45, 7) is 0.725. The maximum atomic E-state index is 12.2. The predicted molar refractivity (Wildman–Crippen MR) is 79.4 cm³/mol. The van der Waals surface area contributed by atoms with E-state index in [0.717, 1.165) is 11.8 Å². The lowest BCUT2D eigenvalue weighted by Gasteiger charge is -2.21. The second-order valence-electron chi connectivity index (χ2n) is 5.06. The molecule has 0 aromatic heterocycles. The molecule has 1 aromatic carbocycles. The first-order valence-corrected chi connectivity index (χ1v) is 8.64. The first-order valence-electron chi connectivity index (χ1n) is 6.80. The Morgan fingerprint density at radius 1 is 1.43 bits per heavy atom. The quantitative estimate of drug-likeness (QED) is 0.870. The van der Waals surface area contributed by atoms with Crippen LogP contribution in [0.2, 0.25) is 0 Å². The predicted octanol–water partition coefficient (Wildman–Crippen LogP) is 0.735. The minimum absolute atomic E-state index is 0.260. The third-order valence-corrected chi connectivity index (χ3v) is 4.87. The molecule has 21 heavy (non-hydrogen) atoms. The van der Waals surface area contributed by atoms with Crippen molar-refractivity contribution in [3.63, 3.8) is 0 Å². The van der Waals surface area contributed by atoms with Gasteiger partial charge in [-0.25, -0.2) is 8.42 Å². The summed E-state index contributed by atoms with van der Waals surface area (Å²) in [7, 11) is -1.77. The molecule has 1 N–H and O–H groups in total. The monoisotopic (exact) mass is 312 g/mol. The van der Waals surface area contributed by atoms with Crippen molar-refractivity contribution in [1.82, 2.24) is 9.62 Å². The van der Waals surface area contributed by atoms with Gasteiger partial charge in [-0.3, -0.25) is 4.79 Å². The number of amides is 1. The molecule has 0 saturated carbocycles. The third kappa shape index (κ3) is 3.74. The van der Waals surface area contributed by atoms with Crippen LogP contribution in [0, 0.1) is 0 Å². The van der Waals surface area contributed by atoms with Crippen molar-refractivity contribution >= 4 is 15.9 Å². The number of benzene rings is 1. The van der Waals surface area contributed by atoms with E-state index in [9.17, 15) is 13.2 Å². The molecule has 1 fully saturated rings. The Balaban J connectivity index is 2.02. The fraction of sp³-hybridized carbons (Fsp3) is 0.500. The topological polar surface area (TPSA) is 75.7 Å². The van der Waals surface area contributed by atoms with E-state index >= 15 is 0 Å². The van der Waals surface area contributed by atoms with Crippen LogP contribution in [0.5, 0.6) is 5.75 Å². The largest absolute Gasteiger partial charge is 0.496 e. The zero-order valence-electron chi connectivity index (χ0n) is 12.2. The van der Waals surface area contributed by atoms with Crippen LogP contribution in [0.25, 0.3) is 0 Å². The fourth-order valence-electron chi connectivity index (χ4n) is 2.55. The summed E-state index contributed by atoms with van der Waals surface area (Å²) in [5.41, 5.74) is 0.859. The average molecular weight is 312 g/mol. The molecular weight excluding hydrogens is 292 g/mol. The summed E-state index contributed by atoms with van der Waals surface area (Å²) in [5.74, 6) is 0.438. The molecular formula is C14H20N2O4S. The van der Waals surface area contributed by atoms with Gasteiger partial charge in [-0.05, 0) is 18.9 Å². The number of rotatable bonds is 5. The molecule has 1 atom stereocenters. The van der Waals surface area contributed by atoms with Gasteiger partial charge in [0.05, 0.1) is 13.4 Å². The van der Waals surface area contributed by atoms with Crippen LogP contribution in [0.3, 0.4) is 0 Å². The lowest BCUT2D eigenvalue weighted by Crippen LogP contribution is -2.45. The van der Waals surface area contributed by atoms with E-state index in [4.69, 9.17) is 4.74 Å².